The van der Waals surface area contributed by atoms with Crippen molar-refractivity contribution in [3.8, 4) is 5.75 Å². The van der Waals surface area contributed by atoms with E-state index < -0.39 is 0 Å². The number of hydrogen-bond acceptors (Lipinski definition) is 2. The minimum Gasteiger partial charge on any atom is -0.497 e. The average molecular weight is 320 g/mol. The summed E-state index contributed by atoms with van der Waals surface area (Å²) in [6.45, 7) is 0.801. The maximum Gasteiger partial charge on any atom is 0.223 e. The molecule has 1 saturated heterocycles. The van der Waals surface area contributed by atoms with Crippen LogP contribution in [0.3, 0.4) is 0 Å². The van der Waals surface area contributed by atoms with Crippen molar-refractivity contribution in [1.29, 1.82) is 0 Å². The first-order chi connectivity index (χ1) is 11.8. The highest BCUT2D eigenvalue weighted by atomic mass is 16.5. The van der Waals surface area contributed by atoms with Crippen molar-refractivity contribution in [2.75, 3.05) is 13.7 Å². The van der Waals surface area contributed by atoms with Crippen LogP contribution < -0.4 is 4.74 Å². The molecule has 3 aromatic rings. The van der Waals surface area contributed by atoms with Crippen LogP contribution in [0.25, 0.3) is 10.9 Å². The topological polar surface area (TPSA) is 45.3 Å². The molecule has 1 N–H and O–H groups in total. The Bertz CT molecular complexity index is 867. The van der Waals surface area contributed by atoms with Gasteiger partial charge in [0.2, 0.25) is 5.91 Å². The number of rotatable bonds is 4. The fourth-order valence-corrected chi connectivity index (χ4v) is 3.58. The summed E-state index contributed by atoms with van der Waals surface area (Å²) < 4.78 is 5.27. The molecular weight excluding hydrogens is 300 g/mol. The number of carbonyl (C=O) groups is 1. The number of H-pyrrole nitrogens is 1. The number of nitrogens with one attached hydrogen (secondary N) is 1. The van der Waals surface area contributed by atoms with Crippen LogP contribution in [-0.2, 0) is 4.79 Å². The van der Waals surface area contributed by atoms with Crippen LogP contribution in [0.2, 0.25) is 0 Å². The lowest BCUT2D eigenvalue weighted by molar-refractivity contribution is -0.129. The predicted octanol–water partition coefficient (Wildman–Crippen LogP) is 3.89. The fourth-order valence-electron chi connectivity index (χ4n) is 3.58. The number of benzene rings is 2. The van der Waals surface area contributed by atoms with Crippen molar-refractivity contribution >= 4 is 16.8 Å². The average Bonchev–Trinajstić information content (AvgIpc) is 3.23. The first-order valence-electron chi connectivity index (χ1n) is 8.27. The highest BCUT2D eigenvalue weighted by Crippen LogP contribution is 2.36. The largest absolute Gasteiger partial charge is 0.497 e. The minimum absolute atomic E-state index is 0.0675. The Balaban J connectivity index is 1.85. The van der Waals surface area contributed by atoms with Gasteiger partial charge in [0, 0.05) is 35.6 Å². The van der Waals surface area contributed by atoms with E-state index in [4.69, 9.17) is 4.74 Å². The van der Waals surface area contributed by atoms with E-state index >= 15 is 0 Å². The standard InChI is InChI=1S/C20H20N2O2/c1-24-15-10-8-14(9-11-15)20(22-12-4-7-19(22)23)17-13-21-18-6-3-2-5-16(17)18/h2-3,5-6,8-11,13,20-21H,4,7,12H2,1H3. The lowest BCUT2D eigenvalue weighted by atomic mass is 9.96. The van der Waals surface area contributed by atoms with Gasteiger partial charge in [-0.3, -0.25) is 4.79 Å². The number of aromatic amines is 1. The SMILES string of the molecule is COc1ccc(C(c2c[nH]c3ccccc23)N2CCCC2=O)cc1. The zero-order chi connectivity index (χ0) is 16.5. The van der Waals surface area contributed by atoms with Gasteiger partial charge in [0.1, 0.15) is 5.75 Å². The van der Waals surface area contributed by atoms with E-state index in [1.54, 1.807) is 7.11 Å². The number of para-hydroxylation sites is 1. The Morgan fingerprint density at radius 1 is 1.12 bits per heavy atom. The molecule has 2 aromatic carbocycles. The van der Waals surface area contributed by atoms with Gasteiger partial charge in [0.05, 0.1) is 13.2 Å². The molecule has 1 aliphatic heterocycles. The monoisotopic (exact) mass is 320 g/mol. The van der Waals surface area contributed by atoms with Crippen LogP contribution in [-0.4, -0.2) is 29.4 Å². The molecule has 4 rings (SSSR count). The molecule has 0 aliphatic carbocycles. The van der Waals surface area contributed by atoms with Crippen molar-refractivity contribution in [1.82, 2.24) is 9.88 Å². The third-order valence-corrected chi connectivity index (χ3v) is 4.77. The van der Waals surface area contributed by atoms with Crippen molar-refractivity contribution in [2.45, 2.75) is 18.9 Å². The third-order valence-electron chi connectivity index (χ3n) is 4.77. The molecule has 1 amide bonds. The van der Waals surface area contributed by atoms with Gasteiger partial charge in [-0.25, -0.2) is 0 Å². The molecule has 122 valence electrons. The van der Waals surface area contributed by atoms with E-state index in [1.807, 2.05) is 35.4 Å². The summed E-state index contributed by atoms with van der Waals surface area (Å²) in [5, 5.41) is 1.16. The zero-order valence-corrected chi connectivity index (χ0v) is 13.7. The van der Waals surface area contributed by atoms with E-state index in [0.29, 0.717) is 6.42 Å². The summed E-state index contributed by atoms with van der Waals surface area (Å²) in [5.74, 6) is 1.05. The quantitative estimate of drug-likeness (QED) is 0.792. The molecule has 1 unspecified atom stereocenters. The molecule has 24 heavy (non-hydrogen) atoms. The minimum atomic E-state index is -0.0675. The molecule has 4 heteroatoms. The number of ether oxygens (including phenoxy) is 1. The van der Waals surface area contributed by atoms with Crippen LogP contribution in [0.4, 0.5) is 0 Å². The van der Waals surface area contributed by atoms with E-state index in [1.165, 1.54) is 0 Å². The number of amides is 1. The molecule has 4 nitrogen and oxygen atoms in total. The molecule has 0 spiro atoms. The van der Waals surface area contributed by atoms with Gasteiger partial charge >= 0.3 is 0 Å². The number of aromatic nitrogens is 1. The van der Waals surface area contributed by atoms with Gasteiger partial charge in [-0.05, 0) is 30.2 Å². The maximum absolute atomic E-state index is 12.4. The van der Waals surface area contributed by atoms with Gasteiger partial charge in [0.25, 0.3) is 0 Å². The Labute approximate surface area is 141 Å². The molecule has 0 radical (unpaired) electrons. The van der Waals surface area contributed by atoms with Gasteiger partial charge in [-0.15, -0.1) is 0 Å². The lowest BCUT2D eigenvalue weighted by Crippen LogP contribution is -2.30. The number of fused-ring (bicyclic) bond motifs is 1. The number of likely N-dealkylation sites (tertiary alicyclic amines) is 1. The smallest absolute Gasteiger partial charge is 0.223 e. The first-order valence-corrected chi connectivity index (χ1v) is 8.27. The molecule has 1 atom stereocenters. The van der Waals surface area contributed by atoms with Gasteiger partial charge in [-0.1, -0.05) is 30.3 Å². The molecule has 0 saturated carbocycles. The van der Waals surface area contributed by atoms with Crippen molar-refractivity contribution in [3.63, 3.8) is 0 Å². The Kier molecular flexibility index (Phi) is 3.73. The van der Waals surface area contributed by atoms with Gasteiger partial charge in [0.15, 0.2) is 0 Å². The zero-order valence-electron chi connectivity index (χ0n) is 13.7. The molecule has 1 aliphatic rings. The molecule has 2 heterocycles. The summed E-state index contributed by atoms with van der Waals surface area (Å²) in [6, 6.07) is 16.2. The predicted molar refractivity (Wildman–Crippen MR) is 94.1 cm³/mol. The van der Waals surface area contributed by atoms with E-state index in [-0.39, 0.29) is 11.9 Å². The summed E-state index contributed by atoms with van der Waals surface area (Å²) in [4.78, 5) is 17.8. The number of hydrogen-bond donors (Lipinski definition) is 1. The second kappa shape index (κ2) is 6.04. The molecular formula is C20H20N2O2. The summed E-state index contributed by atoms with van der Waals surface area (Å²) >= 11 is 0. The maximum atomic E-state index is 12.4. The molecule has 1 aromatic heterocycles. The number of carbonyl (C=O) groups excluding carboxylic acids is 1. The van der Waals surface area contributed by atoms with Crippen molar-refractivity contribution in [3.05, 3.63) is 65.9 Å². The number of nitrogens with zero attached hydrogens (tertiary/aromatic N) is 1. The fraction of sp³-hybridized carbons (Fsp3) is 0.250. The van der Waals surface area contributed by atoms with Crippen LogP contribution in [0.15, 0.2) is 54.7 Å². The summed E-state index contributed by atoms with van der Waals surface area (Å²) in [5.41, 5.74) is 3.35. The Morgan fingerprint density at radius 3 is 2.62 bits per heavy atom. The normalized spacial score (nSPS) is 15.9. The summed E-state index contributed by atoms with van der Waals surface area (Å²) in [7, 11) is 1.66. The van der Waals surface area contributed by atoms with E-state index in [0.717, 1.165) is 40.7 Å². The second-order valence-corrected chi connectivity index (χ2v) is 6.16. The van der Waals surface area contributed by atoms with Gasteiger partial charge < -0.3 is 14.6 Å². The van der Waals surface area contributed by atoms with Crippen LogP contribution >= 0.6 is 0 Å². The van der Waals surface area contributed by atoms with Crippen LogP contribution in [0.1, 0.15) is 30.0 Å². The van der Waals surface area contributed by atoms with Gasteiger partial charge in [-0.2, -0.15) is 0 Å². The Morgan fingerprint density at radius 2 is 1.92 bits per heavy atom. The molecule has 1 fully saturated rings. The molecule has 0 bridgehead atoms. The van der Waals surface area contributed by atoms with Crippen molar-refractivity contribution < 1.29 is 9.53 Å². The van der Waals surface area contributed by atoms with E-state index in [2.05, 4.69) is 29.2 Å². The first kappa shape index (κ1) is 14.8. The second-order valence-electron chi connectivity index (χ2n) is 6.16. The van der Waals surface area contributed by atoms with Crippen molar-refractivity contribution in [2.24, 2.45) is 0 Å². The lowest BCUT2D eigenvalue weighted by Gasteiger charge is -2.28. The summed E-state index contributed by atoms with van der Waals surface area (Å²) in [6.07, 6.45) is 3.59. The number of methoxy groups -OCH3 is 1. The highest BCUT2D eigenvalue weighted by Gasteiger charge is 2.31. The highest BCUT2D eigenvalue weighted by molar-refractivity contribution is 5.86. The van der Waals surface area contributed by atoms with Crippen LogP contribution in [0.5, 0.6) is 5.75 Å². The van der Waals surface area contributed by atoms with E-state index in [9.17, 15) is 4.79 Å². The Hall–Kier alpha value is -2.75. The third kappa shape index (κ3) is 2.44. The van der Waals surface area contributed by atoms with Crippen LogP contribution in [0, 0.1) is 0 Å².